The fraction of sp³-hybridized carbons (Fsp3) is 0.500. The fourth-order valence-corrected chi connectivity index (χ4v) is 3.56. The zero-order chi connectivity index (χ0) is 14.8. The lowest BCUT2D eigenvalue weighted by atomic mass is 9.84. The van der Waals surface area contributed by atoms with E-state index in [1.54, 1.807) is 18.2 Å². The fourth-order valence-electron chi connectivity index (χ4n) is 2.71. The molecule has 1 aliphatic carbocycles. The molecule has 1 fully saturated rings. The molecule has 1 aromatic carbocycles. The van der Waals surface area contributed by atoms with Crippen molar-refractivity contribution in [2.75, 3.05) is 11.6 Å². The van der Waals surface area contributed by atoms with Crippen LogP contribution < -0.4 is 5.32 Å². The molecule has 20 heavy (non-hydrogen) atoms. The molecule has 0 spiro atoms. The normalized spacial score (nSPS) is 23.2. The molecule has 0 amide bonds. The summed E-state index contributed by atoms with van der Waals surface area (Å²) in [5, 5.41) is 12.4. The molecule has 1 saturated carbocycles. The second-order valence-corrected chi connectivity index (χ2v) is 7.23. The molecule has 110 valence electrons. The molecule has 0 bridgehead atoms. The minimum absolute atomic E-state index is 0.217. The summed E-state index contributed by atoms with van der Waals surface area (Å²) in [6.07, 6.45) is 4.40. The van der Waals surface area contributed by atoms with Crippen LogP contribution >= 0.6 is 0 Å². The predicted octanol–water partition coefficient (Wildman–Crippen LogP) is 2.15. The van der Waals surface area contributed by atoms with Gasteiger partial charge in [0.1, 0.15) is 0 Å². The maximum atomic E-state index is 11.8. The summed E-state index contributed by atoms with van der Waals surface area (Å²) in [6.45, 7) is 0. The van der Waals surface area contributed by atoms with Gasteiger partial charge in [0, 0.05) is 12.3 Å². The minimum atomic E-state index is -3.33. The summed E-state index contributed by atoms with van der Waals surface area (Å²) >= 11 is 0. The average Bonchev–Trinajstić information content (AvgIpc) is 2.38. The zero-order valence-electron chi connectivity index (χ0n) is 11.4. The van der Waals surface area contributed by atoms with Gasteiger partial charge < -0.3 is 10.4 Å². The van der Waals surface area contributed by atoms with Crippen LogP contribution in [0.5, 0.6) is 0 Å². The van der Waals surface area contributed by atoms with Crippen LogP contribution in [-0.2, 0) is 14.6 Å². The lowest BCUT2D eigenvalue weighted by molar-refractivity contribution is -0.143. The van der Waals surface area contributed by atoms with Gasteiger partial charge in [-0.2, -0.15) is 0 Å². The highest BCUT2D eigenvalue weighted by Crippen LogP contribution is 2.30. The Morgan fingerprint density at radius 2 is 1.90 bits per heavy atom. The Bertz CT molecular complexity index is 597. The number of aliphatic carboxylic acids is 1. The molecule has 2 atom stereocenters. The quantitative estimate of drug-likeness (QED) is 0.889. The lowest BCUT2D eigenvalue weighted by Crippen LogP contribution is -2.37. The van der Waals surface area contributed by atoms with Gasteiger partial charge in [-0.15, -0.1) is 0 Å². The largest absolute Gasteiger partial charge is 0.481 e. The van der Waals surface area contributed by atoms with Crippen molar-refractivity contribution in [1.29, 1.82) is 0 Å². The Kier molecular flexibility index (Phi) is 4.32. The third-order valence-corrected chi connectivity index (χ3v) is 4.87. The number of anilines is 1. The summed E-state index contributed by atoms with van der Waals surface area (Å²) in [5.74, 6) is -1.28. The van der Waals surface area contributed by atoms with E-state index in [4.69, 9.17) is 0 Å². The lowest BCUT2D eigenvalue weighted by Gasteiger charge is -2.30. The Balaban J connectivity index is 2.27. The van der Waals surface area contributed by atoms with Gasteiger partial charge in [0.05, 0.1) is 16.5 Å². The van der Waals surface area contributed by atoms with E-state index in [1.165, 1.54) is 6.07 Å². The van der Waals surface area contributed by atoms with Crippen molar-refractivity contribution < 1.29 is 18.3 Å². The number of para-hydroxylation sites is 1. The second-order valence-electron chi connectivity index (χ2n) is 5.25. The summed E-state index contributed by atoms with van der Waals surface area (Å²) in [5.41, 5.74) is 0.494. The topological polar surface area (TPSA) is 83.5 Å². The van der Waals surface area contributed by atoms with E-state index >= 15 is 0 Å². The highest BCUT2D eigenvalue weighted by molar-refractivity contribution is 7.90. The van der Waals surface area contributed by atoms with E-state index in [-0.39, 0.29) is 10.9 Å². The van der Waals surface area contributed by atoms with Crippen molar-refractivity contribution in [3.05, 3.63) is 24.3 Å². The number of carboxylic acid groups (broad SMARTS) is 1. The van der Waals surface area contributed by atoms with E-state index in [9.17, 15) is 18.3 Å². The number of sulfone groups is 1. The van der Waals surface area contributed by atoms with E-state index in [0.29, 0.717) is 12.1 Å². The molecule has 2 unspecified atom stereocenters. The van der Waals surface area contributed by atoms with Crippen molar-refractivity contribution in [1.82, 2.24) is 0 Å². The maximum Gasteiger partial charge on any atom is 0.308 e. The van der Waals surface area contributed by atoms with Crippen LogP contribution in [-0.4, -0.2) is 31.8 Å². The first-order valence-electron chi connectivity index (χ1n) is 6.68. The molecule has 0 aliphatic heterocycles. The van der Waals surface area contributed by atoms with E-state index in [2.05, 4.69) is 5.32 Å². The van der Waals surface area contributed by atoms with E-state index in [1.807, 2.05) is 0 Å². The van der Waals surface area contributed by atoms with Crippen LogP contribution in [0, 0.1) is 5.92 Å². The first kappa shape index (κ1) is 14.8. The number of hydrogen-bond acceptors (Lipinski definition) is 4. The first-order valence-corrected chi connectivity index (χ1v) is 8.57. The van der Waals surface area contributed by atoms with Crippen LogP contribution in [0.25, 0.3) is 0 Å². The van der Waals surface area contributed by atoms with Gasteiger partial charge in [-0.25, -0.2) is 8.42 Å². The van der Waals surface area contributed by atoms with Gasteiger partial charge in [0.15, 0.2) is 9.84 Å². The van der Waals surface area contributed by atoms with Crippen LogP contribution in [0.2, 0.25) is 0 Å². The summed E-state index contributed by atoms with van der Waals surface area (Å²) in [4.78, 5) is 11.5. The number of carboxylic acids is 1. The Morgan fingerprint density at radius 3 is 2.55 bits per heavy atom. The molecule has 5 nitrogen and oxygen atoms in total. The average molecular weight is 297 g/mol. The van der Waals surface area contributed by atoms with Crippen molar-refractivity contribution in [3.63, 3.8) is 0 Å². The van der Waals surface area contributed by atoms with Gasteiger partial charge in [-0.3, -0.25) is 4.79 Å². The second kappa shape index (κ2) is 5.83. The van der Waals surface area contributed by atoms with Crippen molar-refractivity contribution >= 4 is 21.5 Å². The molecule has 6 heteroatoms. The smallest absolute Gasteiger partial charge is 0.308 e. The van der Waals surface area contributed by atoms with Gasteiger partial charge in [-0.1, -0.05) is 25.0 Å². The standard InChI is InChI=1S/C14H19NO4S/c1-20(18,19)13-9-5-4-8-12(13)15-11-7-3-2-6-10(11)14(16)17/h4-5,8-11,15H,2-3,6-7H2,1H3,(H,16,17). The monoisotopic (exact) mass is 297 g/mol. The molecule has 2 rings (SSSR count). The molecule has 0 heterocycles. The summed E-state index contributed by atoms with van der Waals surface area (Å²) in [7, 11) is -3.33. The van der Waals surface area contributed by atoms with E-state index in [0.717, 1.165) is 25.5 Å². The van der Waals surface area contributed by atoms with Crippen molar-refractivity contribution in [3.8, 4) is 0 Å². The summed E-state index contributed by atoms with van der Waals surface area (Å²) in [6, 6.07) is 6.41. The van der Waals surface area contributed by atoms with Gasteiger partial charge >= 0.3 is 5.97 Å². The molecular formula is C14H19NO4S. The maximum absolute atomic E-state index is 11.8. The van der Waals surface area contributed by atoms with Crippen molar-refractivity contribution in [2.24, 2.45) is 5.92 Å². The van der Waals surface area contributed by atoms with Gasteiger partial charge in [0.2, 0.25) is 0 Å². The highest BCUT2D eigenvalue weighted by Gasteiger charge is 2.31. The van der Waals surface area contributed by atoms with E-state index < -0.39 is 21.7 Å². The molecule has 0 aromatic heterocycles. The number of carbonyl (C=O) groups is 1. The van der Waals surface area contributed by atoms with Crippen molar-refractivity contribution in [2.45, 2.75) is 36.6 Å². The molecule has 0 saturated heterocycles. The number of hydrogen-bond donors (Lipinski definition) is 2. The Hall–Kier alpha value is -1.56. The highest BCUT2D eigenvalue weighted by atomic mass is 32.2. The van der Waals surface area contributed by atoms with Crippen LogP contribution in [0.3, 0.4) is 0 Å². The number of benzene rings is 1. The van der Waals surface area contributed by atoms with Gasteiger partial charge in [0.25, 0.3) is 0 Å². The van der Waals surface area contributed by atoms with Crippen LogP contribution in [0.15, 0.2) is 29.2 Å². The summed E-state index contributed by atoms with van der Waals surface area (Å²) < 4.78 is 23.5. The number of rotatable bonds is 4. The third kappa shape index (κ3) is 3.30. The molecular weight excluding hydrogens is 278 g/mol. The van der Waals surface area contributed by atoms with Crippen LogP contribution in [0.4, 0.5) is 5.69 Å². The number of nitrogens with one attached hydrogen (secondary N) is 1. The van der Waals surface area contributed by atoms with Crippen LogP contribution in [0.1, 0.15) is 25.7 Å². The molecule has 1 aromatic rings. The molecule has 2 N–H and O–H groups in total. The molecule has 0 radical (unpaired) electrons. The van der Waals surface area contributed by atoms with Gasteiger partial charge in [-0.05, 0) is 25.0 Å². The predicted molar refractivity (Wildman–Crippen MR) is 76.6 cm³/mol. The zero-order valence-corrected chi connectivity index (χ0v) is 12.2. The first-order chi connectivity index (χ1) is 9.39. The Labute approximate surface area is 118 Å². The molecule has 1 aliphatic rings. The third-order valence-electron chi connectivity index (χ3n) is 3.71. The Morgan fingerprint density at radius 1 is 1.25 bits per heavy atom. The SMILES string of the molecule is CS(=O)(=O)c1ccccc1NC1CCCCC1C(=O)O. The minimum Gasteiger partial charge on any atom is -0.481 e.